The minimum Gasteiger partial charge on any atom is -0.408 e. The summed E-state index contributed by atoms with van der Waals surface area (Å²) < 4.78 is 45.6. The number of hydrogen-bond acceptors (Lipinski definition) is 7. The predicted octanol–water partition coefficient (Wildman–Crippen LogP) is 4.13. The van der Waals surface area contributed by atoms with Gasteiger partial charge in [-0.1, -0.05) is 29.5 Å². The summed E-state index contributed by atoms with van der Waals surface area (Å²) in [6.45, 7) is 0.430. The highest BCUT2D eigenvalue weighted by atomic mass is 32.1. The van der Waals surface area contributed by atoms with Crippen LogP contribution in [0.1, 0.15) is 5.56 Å². The van der Waals surface area contributed by atoms with E-state index >= 15 is 0 Å². The SMILES string of the molecule is NC(CNc1ncc(-c2ccc3[nH]c(=O)oc3c2)s1)Cc1ccc(OC(F)(F)F)cc1. The number of hydrogen-bond donors (Lipinski definition) is 3. The van der Waals surface area contributed by atoms with Crippen LogP contribution in [0.25, 0.3) is 21.5 Å². The van der Waals surface area contributed by atoms with Crippen molar-refractivity contribution in [2.75, 3.05) is 11.9 Å². The van der Waals surface area contributed by atoms with Crippen LogP contribution in [0.5, 0.6) is 5.75 Å². The number of halogens is 3. The molecule has 4 N–H and O–H groups in total. The third-order valence-electron chi connectivity index (χ3n) is 4.38. The summed E-state index contributed by atoms with van der Waals surface area (Å²) in [7, 11) is 0. The lowest BCUT2D eigenvalue weighted by atomic mass is 10.1. The number of nitrogens with two attached hydrogens (primary N) is 1. The number of oxazole rings is 1. The molecule has 2 aromatic carbocycles. The molecule has 0 aliphatic rings. The van der Waals surface area contributed by atoms with Gasteiger partial charge in [0.2, 0.25) is 0 Å². The molecule has 1 atom stereocenters. The fraction of sp³-hybridized carbons (Fsp3) is 0.200. The summed E-state index contributed by atoms with van der Waals surface area (Å²) in [5.41, 5.74) is 8.89. The molecule has 0 bridgehead atoms. The lowest BCUT2D eigenvalue weighted by Gasteiger charge is -2.13. The predicted molar refractivity (Wildman–Crippen MR) is 111 cm³/mol. The highest BCUT2D eigenvalue weighted by Gasteiger charge is 2.30. The minimum absolute atomic E-state index is 0.268. The van der Waals surface area contributed by atoms with E-state index in [2.05, 4.69) is 20.0 Å². The molecule has 0 saturated carbocycles. The normalized spacial score (nSPS) is 12.8. The Bertz CT molecular complexity index is 1230. The number of anilines is 1. The Kier molecular flexibility index (Phi) is 5.70. The second kappa shape index (κ2) is 8.44. The molecule has 1 unspecified atom stereocenters. The summed E-state index contributed by atoms with van der Waals surface area (Å²) in [6, 6.07) is 10.8. The monoisotopic (exact) mass is 450 g/mol. The summed E-state index contributed by atoms with van der Waals surface area (Å²) in [5, 5.41) is 3.84. The van der Waals surface area contributed by atoms with Gasteiger partial charge < -0.3 is 20.2 Å². The van der Waals surface area contributed by atoms with E-state index < -0.39 is 12.1 Å². The Morgan fingerprint density at radius 1 is 1.23 bits per heavy atom. The first-order valence-corrected chi connectivity index (χ1v) is 10.00. The molecule has 0 amide bonds. The molecule has 162 valence electrons. The second-order valence-corrected chi connectivity index (χ2v) is 7.82. The third-order valence-corrected chi connectivity index (χ3v) is 5.39. The van der Waals surface area contributed by atoms with Crippen LogP contribution in [0.3, 0.4) is 0 Å². The van der Waals surface area contributed by atoms with Gasteiger partial charge in [-0.05, 0) is 41.8 Å². The van der Waals surface area contributed by atoms with E-state index in [1.165, 1.54) is 23.5 Å². The van der Waals surface area contributed by atoms with Gasteiger partial charge in [-0.2, -0.15) is 0 Å². The summed E-state index contributed by atoms with van der Waals surface area (Å²) in [4.78, 5) is 19.1. The van der Waals surface area contributed by atoms with Crippen LogP contribution in [0, 0.1) is 0 Å². The largest absolute Gasteiger partial charge is 0.573 e. The number of alkyl halides is 3. The highest BCUT2D eigenvalue weighted by Crippen LogP contribution is 2.30. The molecule has 7 nitrogen and oxygen atoms in total. The summed E-state index contributed by atoms with van der Waals surface area (Å²) >= 11 is 1.43. The average Bonchev–Trinajstić information content (AvgIpc) is 3.31. The maximum atomic E-state index is 12.2. The number of aromatic nitrogens is 2. The number of H-pyrrole nitrogens is 1. The average molecular weight is 450 g/mol. The molecular formula is C20H17F3N4O3S. The van der Waals surface area contributed by atoms with Crippen LogP contribution < -0.4 is 21.5 Å². The van der Waals surface area contributed by atoms with Crippen molar-refractivity contribution in [2.45, 2.75) is 18.8 Å². The Morgan fingerprint density at radius 2 is 2.00 bits per heavy atom. The Hall–Kier alpha value is -3.31. The van der Waals surface area contributed by atoms with Crippen LogP contribution in [0.15, 0.2) is 57.9 Å². The number of benzene rings is 2. The van der Waals surface area contributed by atoms with E-state index in [0.29, 0.717) is 29.2 Å². The van der Waals surface area contributed by atoms with Gasteiger partial charge in [0, 0.05) is 18.8 Å². The maximum Gasteiger partial charge on any atom is 0.573 e. The summed E-state index contributed by atoms with van der Waals surface area (Å²) in [5.74, 6) is -0.773. The molecule has 4 aromatic rings. The van der Waals surface area contributed by atoms with Crippen molar-refractivity contribution in [2.24, 2.45) is 5.73 Å². The zero-order valence-corrected chi connectivity index (χ0v) is 16.7. The van der Waals surface area contributed by atoms with Crippen molar-refractivity contribution >= 4 is 27.6 Å². The van der Waals surface area contributed by atoms with Crippen LogP contribution in [0.4, 0.5) is 18.3 Å². The van der Waals surface area contributed by atoms with Crippen LogP contribution in [-0.4, -0.2) is 28.9 Å². The molecule has 0 spiro atoms. The van der Waals surface area contributed by atoms with Gasteiger partial charge in [0.25, 0.3) is 0 Å². The van der Waals surface area contributed by atoms with Crippen molar-refractivity contribution in [1.82, 2.24) is 9.97 Å². The maximum absolute atomic E-state index is 12.2. The van der Waals surface area contributed by atoms with Gasteiger partial charge >= 0.3 is 12.1 Å². The van der Waals surface area contributed by atoms with Crippen LogP contribution in [-0.2, 0) is 6.42 Å². The minimum atomic E-state index is -4.71. The van der Waals surface area contributed by atoms with E-state index in [9.17, 15) is 18.0 Å². The zero-order chi connectivity index (χ0) is 22.0. The van der Waals surface area contributed by atoms with Crippen LogP contribution in [0.2, 0.25) is 0 Å². The van der Waals surface area contributed by atoms with E-state index in [0.717, 1.165) is 16.0 Å². The van der Waals surface area contributed by atoms with Gasteiger partial charge in [-0.15, -0.1) is 13.2 Å². The highest BCUT2D eigenvalue weighted by molar-refractivity contribution is 7.18. The molecule has 0 aliphatic carbocycles. The van der Waals surface area contributed by atoms with Crippen molar-refractivity contribution in [1.29, 1.82) is 0 Å². The number of aromatic amines is 1. The molecule has 11 heteroatoms. The number of fused-ring (bicyclic) bond motifs is 1. The van der Waals surface area contributed by atoms with Crippen molar-refractivity contribution in [3.63, 3.8) is 0 Å². The van der Waals surface area contributed by atoms with E-state index in [4.69, 9.17) is 10.2 Å². The number of rotatable bonds is 7. The number of nitrogens with one attached hydrogen (secondary N) is 2. The molecule has 2 aromatic heterocycles. The molecule has 0 saturated heterocycles. The molecule has 0 aliphatic heterocycles. The first-order chi connectivity index (χ1) is 14.7. The van der Waals surface area contributed by atoms with E-state index in [-0.39, 0.29) is 11.8 Å². The Balaban J connectivity index is 1.33. The lowest BCUT2D eigenvalue weighted by molar-refractivity contribution is -0.274. The Labute approximate surface area is 177 Å². The molecule has 0 radical (unpaired) electrons. The van der Waals surface area contributed by atoms with E-state index in [1.807, 2.05) is 6.07 Å². The molecule has 2 heterocycles. The van der Waals surface area contributed by atoms with Gasteiger partial charge in [0.1, 0.15) is 5.75 Å². The fourth-order valence-corrected chi connectivity index (χ4v) is 3.83. The van der Waals surface area contributed by atoms with E-state index in [1.54, 1.807) is 30.5 Å². The quantitative estimate of drug-likeness (QED) is 0.391. The molecule has 4 rings (SSSR count). The standard InChI is InChI=1S/C20H17F3N4O3S/c21-20(22,23)30-14-4-1-11(2-5-14)7-13(24)9-25-18-26-10-17(31-18)12-3-6-15-16(8-12)29-19(28)27-15/h1-6,8,10,13H,7,9,24H2,(H,25,26)(H,27,28). The van der Waals surface area contributed by atoms with Crippen molar-refractivity contribution in [3.8, 4) is 16.2 Å². The first-order valence-electron chi connectivity index (χ1n) is 9.18. The van der Waals surface area contributed by atoms with Crippen molar-refractivity contribution < 1.29 is 22.3 Å². The number of ether oxygens (including phenoxy) is 1. The van der Waals surface area contributed by atoms with Gasteiger partial charge in [-0.3, -0.25) is 4.98 Å². The topological polar surface area (TPSA) is 106 Å². The Morgan fingerprint density at radius 3 is 2.74 bits per heavy atom. The fourth-order valence-electron chi connectivity index (χ4n) is 3.01. The van der Waals surface area contributed by atoms with Crippen LogP contribution >= 0.6 is 11.3 Å². The van der Waals surface area contributed by atoms with Gasteiger partial charge in [-0.25, -0.2) is 9.78 Å². The smallest absolute Gasteiger partial charge is 0.408 e. The first kappa shape index (κ1) is 20.9. The third kappa shape index (κ3) is 5.44. The van der Waals surface area contributed by atoms with Crippen molar-refractivity contribution in [3.05, 3.63) is 64.8 Å². The molecule has 0 fully saturated rings. The number of thiazole rings is 1. The molecular weight excluding hydrogens is 433 g/mol. The van der Waals surface area contributed by atoms with Gasteiger partial charge in [0.05, 0.1) is 10.4 Å². The number of nitrogens with zero attached hydrogens (tertiary/aromatic N) is 1. The summed E-state index contributed by atoms with van der Waals surface area (Å²) in [6.07, 6.45) is -2.53. The zero-order valence-electron chi connectivity index (χ0n) is 15.9. The van der Waals surface area contributed by atoms with Gasteiger partial charge in [0.15, 0.2) is 10.7 Å². The second-order valence-electron chi connectivity index (χ2n) is 6.79. The lowest BCUT2D eigenvalue weighted by Crippen LogP contribution is -2.31. The molecule has 31 heavy (non-hydrogen) atoms.